The summed E-state index contributed by atoms with van der Waals surface area (Å²) < 4.78 is 0. The van der Waals surface area contributed by atoms with Gasteiger partial charge in [-0.3, -0.25) is 4.79 Å². The molecule has 2 heteroatoms. The third kappa shape index (κ3) is 1.69. The molecular formula is C9H15NO. The van der Waals surface area contributed by atoms with Crippen molar-refractivity contribution in [3.8, 4) is 0 Å². The minimum absolute atomic E-state index is 0.114. The molecular weight excluding hydrogens is 138 g/mol. The molecule has 2 nitrogen and oxygen atoms in total. The number of allylic oxidation sites excluding steroid dienone is 2. The molecule has 0 radical (unpaired) electrons. The Balaban J connectivity index is 2.61. The molecule has 0 unspecified atom stereocenters. The highest BCUT2D eigenvalue weighted by atomic mass is 16.1. The first-order valence-electron chi connectivity index (χ1n) is 3.95. The highest BCUT2D eigenvalue weighted by Gasteiger charge is 2.37. The van der Waals surface area contributed by atoms with Crippen molar-refractivity contribution in [3.63, 3.8) is 0 Å². The topological polar surface area (TPSA) is 29.1 Å². The van der Waals surface area contributed by atoms with Gasteiger partial charge < -0.3 is 5.32 Å². The van der Waals surface area contributed by atoms with Crippen LogP contribution in [0.2, 0.25) is 0 Å². The summed E-state index contributed by atoms with van der Waals surface area (Å²) in [6.07, 6.45) is 1.74. The van der Waals surface area contributed by atoms with Gasteiger partial charge in [0, 0.05) is 13.1 Å². The predicted octanol–water partition coefficient (Wildman–Crippen LogP) is 1.13. The maximum Gasteiger partial charge on any atom is 0.164 e. The molecule has 11 heavy (non-hydrogen) atoms. The second kappa shape index (κ2) is 2.78. The standard InChI is InChI=1S/C9H15NO/c1-7(2)4-8(11)9(3)5-10-6-9/h4,10H,5-6H2,1-3H3. The van der Waals surface area contributed by atoms with Crippen LogP contribution in [0, 0.1) is 5.41 Å². The van der Waals surface area contributed by atoms with E-state index in [1.54, 1.807) is 6.08 Å². The van der Waals surface area contributed by atoms with Gasteiger partial charge >= 0.3 is 0 Å². The van der Waals surface area contributed by atoms with E-state index in [0.29, 0.717) is 0 Å². The summed E-state index contributed by atoms with van der Waals surface area (Å²) in [6, 6.07) is 0. The molecule has 0 aliphatic carbocycles. The molecule has 0 atom stereocenters. The van der Waals surface area contributed by atoms with E-state index in [1.165, 1.54) is 0 Å². The summed E-state index contributed by atoms with van der Waals surface area (Å²) in [5, 5.41) is 3.11. The molecule has 1 fully saturated rings. The van der Waals surface area contributed by atoms with E-state index in [-0.39, 0.29) is 11.2 Å². The Labute approximate surface area is 67.7 Å². The zero-order chi connectivity index (χ0) is 8.48. The zero-order valence-electron chi connectivity index (χ0n) is 7.40. The molecule has 62 valence electrons. The van der Waals surface area contributed by atoms with Crippen molar-refractivity contribution < 1.29 is 4.79 Å². The molecule has 0 saturated carbocycles. The maximum atomic E-state index is 11.4. The van der Waals surface area contributed by atoms with E-state index < -0.39 is 0 Å². The Morgan fingerprint density at radius 3 is 2.27 bits per heavy atom. The minimum Gasteiger partial charge on any atom is -0.315 e. The summed E-state index contributed by atoms with van der Waals surface area (Å²) >= 11 is 0. The molecule has 0 aromatic carbocycles. The molecule has 1 aliphatic rings. The summed E-state index contributed by atoms with van der Waals surface area (Å²) in [5.74, 6) is 0.260. The summed E-state index contributed by atoms with van der Waals surface area (Å²) in [5.41, 5.74) is 0.972. The van der Waals surface area contributed by atoms with Gasteiger partial charge in [-0.1, -0.05) is 5.57 Å². The minimum atomic E-state index is -0.114. The first kappa shape index (κ1) is 8.47. The monoisotopic (exact) mass is 153 g/mol. The third-order valence-electron chi connectivity index (χ3n) is 2.04. The van der Waals surface area contributed by atoms with Crippen molar-refractivity contribution in [1.82, 2.24) is 5.32 Å². The van der Waals surface area contributed by atoms with Crippen LogP contribution in [0.5, 0.6) is 0 Å². The van der Waals surface area contributed by atoms with Crippen LogP contribution in [0.3, 0.4) is 0 Å². The molecule has 0 spiro atoms. The van der Waals surface area contributed by atoms with E-state index in [1.807, 2.05) is 20.8 Å². The van der Waals surface area contributed by atoms with Crippen molar-refractivity contribution >= 4 is 5.78 Å². The Bertz CT molecular complexity index is 198. The Hall–Kier alpha value is -0.630. The summed E-state index contributed by atoms with van der Waals surface area (Å²) in [7, 11) is 0. The lowest BCUT2D eigenvalue weighted by Crippen LogP contribution is -2.55. The van der Waals surface area contributed by atoms with Gasteiger partial charge in [0.2, 0.25) is 0 Å². The fraction of sp³-hybridized carbons (Fsp3) is 0.667. The van der Waals surface area contributed by atoms with E-state index in [0.717, 1.165) is 18.7 Å². The fourth-order valence-electron chi connectivity index (χ4n) is 1.11. The van der Waals surface area contributed by atoms with Crippen LogP contribution in [0.1, 0.15) is 20.8 Å². The van der Waals surface area contributed by atoms with Gasteiger partial charge in [-0.15, -0.1) is 0 Å². The molecule has 0 bridgehead atoms. The zero-order valence-corrected chi connectivity index (χ0v) is 7.40. The number of carbonyl (C=O) groups excluding carboxylic acids is 1. The second-order valence-corrected chi connectivity index (χ2v) is 3.75. The SMILES string of the molecule is CC(C)=CC(=O)C1(C)CNC1. The first-order chi connectivity index (χ1) is 5.04. The quantitative estimate of drug-likeness (QED) is 0.602. The van der Waals surface area contributed by atoms with Gasteiger partial charge in [-0.25, -0.2) is 0 Å². The van der Waals surface area contributed by atoms with Crippen LogP contribution >= 0.6 is 0 Å². The van der Waals surface area contributed by atoms with Gasteiger partial charge in [-0.05, 0) is 26.8 Å². The number of hydrogen-bond acceptors (Lipinski definition) is 2. The first-order valence-corrected chi connectivity index (χ1v) is 3.95. The van der Waals surface area contributed by atoms with Crippen molar-refractivity contribution in [3.05, 3.63) is 11.6 Å². The van der Waals surface area contributed by atoms with Crippen molar-refractivity contribution in [1.29, 1.82) is 0 Å². The Kier molecular flexibility index (Phi) is 2.14. The summed E-state index contributed by atoms with van der Waals surface area (Å²) in [6.45, 7) is 7.57. The smallest absolute Gasteiger partial charge is 0.164 e. The Morgan fingerprint density at radius 1 is 1.45 bits per heavy atom. The fourth-order valence-corrected chi connectivity index (χ4v) is 1.11. The number of nitrogens with one attached hydrogen (secondary N) is 1. The van der Waals surface area contributed by atoms with Gasteiger partial charge in [0.15, 0.2) is 5.78 Å². The van der Waals surface area contributed by atoms with Crippen LogP contribution in [0.25, 0.3) is 0 Å². The highest BCUT2D eigenvalue weighted by molar-refractivity contribution is 5.96. The average Bonchev–Trinajstić information content (AvgIpc) is 1.81. The predicted molar refractivity (Wildman–Crippen MR) is 45.4 cm³/mol. The number of rotatable bonds is 2. The van der Waals surface area contributed by atoms with E-state index in [4.69, 9.17) is 0 Å². The molecule has 0 aromatic heterocycles. The molecule has 1 aliphatic heterocycles. The van der Waals surface area contributed by atoms with Crippen molar-refractivity contribution in [2.45, 2.75) is 20.8 Å². The number of ketones is 1. The second-order valence-electron chi connectivity index (χ2n) is 3.75. The number of hydrogen-bond donors (Lipinski definition) is 1. The lowest BCUT2D eigenvalue weighted by atomic mass is 9.79. The van der Waals surface area contributed by atoms with Gasteiger partial charge in [-0.2, -0.15) is 0 Å². The third-order valence-corrected chi connectivity index (χ3v) is 2.04. The molecule has 0 amide bonds. The van der Waals surface area contributed by atoms with Crippen LogP contribution in [-0.2, 0) is 4.79 Å². The maximum absolute atomic E-state index is 11.4. The van der Waals surface area contributed by atoms with Crippen LogP contribution in [0.15, 0.2) is 11.6 Å². The normalized spacial score (nSPS) is 20.3. The summed E-state index contributed by atoms with van der Waals surface area (Å²) in [4.78, 5) is 11.4. The van der Waals surface area contributed by atoms with E-state index in [2.05, 4.69) is 5.32 Å². The Morgan fingerprint density at radius 2 is 2.00 bits per heavy atom. The lowest BCUT2D eigenvalue weighted by molar-refractivity contribution is -0.125. The van der Waals surface area contributed by atoms with Crippen molar-refractivity contribution in [2.24, 2.45) is 5.41 Å². The lowest BCUT2D eigenvalue weighted by Gasteiger charge is -2.36. The van der Waals surface area contributed by atoms with Crippen LogP contribution < -0.4 is 5.32 Å². The largest absolute Gasteiger partial charge is 0.315 e. The van der Waals surface area contributed by atoms with Crippen LogP contribution in [0.4, 0.5) is 0 Å². The average molecular weight is 153 g/mol. The molecule has 1 rings (SSSR count). The van der Waals surface area contributed by atoms with Gasteiger partial charge in [0.25, 0.3) is 0 Å². The molecule has 0 aromatic rings. The number of carbonyl (C=O) groups is 1. The highest BCUT2D eigenvalue weighted by Crippen LogP contribution is 2.23. The van der Waals surface area contributed by atoms with Gasteiger partial charge in [0.05, 0.1) is 5.41 Å². The van der Waals surface area contributed by atoms with E-state index in [9.17, 15) is 4.79 Å². The van der Waals surface area contributed by atoms with Gasteiger partial charge in [0.1, 0.15) is 0 Å². The molecule has 1 saturated heterocycles. The molecule has 1 heterocycles. The molecule has 1 N–H and O–H groups in total. The van der Waals surface area contributed by atoms with Crippen LogP contribution in [-0.4, -0.2) is 18.9 Å². The van der Waals surface area contributed by atoms with E-state index >= 15 is 0 Å². The van der Waals surface area contributed by atoms with Crippen molar-refractivity contribution in [2.75, 3.05) is 13.1 Å².